The van der Waals surface area contributed by atoms with Crippen molar-refractivity contribution in [1.82, 2.24) is 15.0 Å². The highest BCUT2D eigenvalue weighted by Crippen LogP contribution is 2.30. The van der Waals surface area contributed by atoms with Crippen LogP contribution in [0.1, 0.15) is 23.1 Å². The lowest BCUT2D eigenvalue weighted by molar-refractivity contribution is 0.290. The number of anilines is 2. The monoisotopic (exact) mass is 471 g/mol. The van der Waals surface area contributed by atoms with E-state index in [2.05, 4.69) is 21.0 Å². The zero-order valence-corrected chi connectivity index (χ0v) is 18.0. The van der Waals surface area contributed by atoms with Gasteiger partial charge in [0.15, 0.2) is 11.6 Å². The number of benzene rings is 1. The van der Waals surface area contributed by atoms with E-state index in [4.69, 9.17) is 44.3 Å². The van der Waals surface area contributed by atoms with E-state index in [1.807, 2.05) is 0 Å². The number of nitrogens with two attached hydrogens (primary N) is 1. The van der Waals surface area contributed by atoms with Crippen LogP contribution in [0.2, 0.25) is 10.0 Å². The first-order valence-corrected chi connectivity index (χ1v) is 10.2. The van der Waals surface area contributed by atoms with Crippen molar-refractivity contribution in [2.75, 3.05) is 17.2 Å². The Labute approximate surface area is 192 Å². The van der Waals surface area contributed by atoms with Gasteiger partial charge in [-0.1, -0.05) is 23.2 Å². The van der Waals surface area contributed by atoms with E-state index in [0.717, 1.165) is 12.5 Å². The van der Waals surface area contributed by atoms with Gasteiger partial charge in [-0.25, -0.2) is 14.4 Å². The van der Waals surface area contributed by atoms with Crippen LogP contribution in [0.3, 0.4) is 0 Å². The molecule has 1 unspecified atom stereocenters. The minimum atomic E-state index is -0.688. The Morgan fingerprint density at radius 2 is 1.94 bits per heavy atom. The van der Waals surface area contributed by atoms with Crippen molar-refractivity contribution in [2.45, 2.75) is 19.1 Å². The minimum absolute atomic E-state index is 0.000631. The molecule has 3 heterocycles. The van der Waals surface area contributed by atoms with Gasteiger partial charge in [0.2, 0.25) is 5.95 Å². The highest BCUT2D eigenvalue weighted by atomic mass is 35.5. The number of nitrogen functional groups attached to an aromatic ring is 1. The standard InChI is InChI=1S/C21H16Cl2FN7O/c22-15-8-28-9-16(23)14(15)10-32-19-3-13(18(26)4-17(19)24)20(27)11-6-29-21(30-7-11)31-2-1-12(31)5-25/h3-4,6-9,12,27H,1-2,10,26H2. The van der Waals surface area contributed by atoms with E-state index in [-0.39, 0.29) is 35.4 Å². The number of hydrogen-bond acceptors (Lipinski definition) is 8. The Kier molecular flexibility index (Phi) is 6.08. The van der Waals surface area contributed by atoms with Crippen molar-refractivity contribution < 1.29 is 9.13 Å². The molecular weight excluding hydrogens is 456 g/mol. The van der Waals surface area contributed by atoms with Crippen molar-refractivity contribution in [3.8, 4) is 11.8 Å². The molecule has 1 saturated heterocycles. The van der Waals surface area contributed by atoms with Crippen LogP contribution in [0, 0.1) is 22.6 Å². The van der Waals surface area contributed by atoms with Crippen LogP contribution in [-0.2, 0) is 6.61 Å². The lowest BCUT2D eigenvalue weighted by atomic mass is 10.0. The SMILES string of the molecule is N#CC1CCN1c1ncc(C(=N)c2cc(OCc3c(Cl)cncc3Cl)c(F)cc2N)cn1. The summed E-state index contributed by atoms with van der Waals surface area (Å²) < 4.78 is 20.0. The van der Waals surface area contributed by atoms with Gasteiger partial charge < -0.3 is 15.4 Å². The number of halogens is 3. The van der Waals surface area contributed by atoms with Crippen LogP contribution in [0.5, 0.6) is 5.75 Å². The van der Waals surface area contributed by atoms with Crippen molar-refractivity contribution in [2.24, 2.45) is 0 Å². The smallest absolute Gasteiger partial charge is 0.226 e. The summed E-state index contributed by atoms with van der Waals surface area (Å²) in [5.74, 6) is -0.383. The number of rotatable bonds is 6. The van der Waals surface area contributed by atoms with Crippen LogP contribution in [0.15, 0.2) is 36.9 Å². The predicted molar refractivity (Wildman–Crippen MR) is 119 cm³/mol. The van der Waals surface area contributed by atoms with Crippen molar-refractivity contribution >= 4 is 40.5 Å². The molecule has 0 bridgehead atoms. The van der Waals surface area contributed by atoms with Gasteiger partial charge in [-0.15, -0.1) is 0 Å². The first kappa shape index (κ1) is 21.7. The number of aromatic nitrogens is 3. The molecule has 0 spiro atoms. The summed E-state index contributed by atoms with van der Waals surface area (Å²) >= 11 is 12.2. The lowest BCUT2D eigenvalue weighted by Crippen LogP contribution is -2.47. The summed E-state index contributed by atoms with van der Waals surface area (Å²) in [7, 11) is 0. The molecule has 0 amide bonds. The topological polar surface area (TPSA) is 125 Å². The summed E-state index contributed by atoms with van der Waals surface area (Å²) in [6, 6.07) is 4.36. The number of pyridine rings is 1. The van der Waals surface area contributed by atoms with Crippen LogP contribution < -0.4 is 15.4 Å². The zero-order valence-electron chi connectivity index (χ0n) is 16.5. The molecule has 2 aromatic heterocycles. The first-order chi connectivity index (χ1) is 15.4. The summed E-state index contributed by atoms with van der Waals surface area (Å²) in [4.78, 5) is 14.1. The third kappa shape index (κ3) is 4.15. The minimum Gasteiger partial charge on any atom is -0.486 e. The van der Waals surface area contributed by atoms with Gasteiger partial charge >= 0.3 is 0 Å². The third-order valence-corrected chi connectivity index (χ3v) is 5.70. The number of hydrogen-bond donors (Lipinski definition) is 2. The molecule has 11 heteroatoms. The summed E-state index contributed by atoms with van der Waals surface area (Å²) in [6.07, 6.45) is 6.53. The number of ether oxygens (including phenoxy) is 1. The molecule has 1 aliphatic rings. The van der Waals surface area contributed by atoms with E-state index in [1.165, 1.54) is 30.9 Å². The Hall–Kier alpha value is -3.48. The second kappa shape index (κ2) is 8.94. The van der Waals surface area contributed by atoms with Gasteiger partial charge in [0.25, 0.3) is 0 Å². The van der Waals surface area contributed by atoms with Crippen LogP contribution in [0.25, 0.3) is 0 Å². The fourth-order valence-corrected chi connectivity index (χ4v) is 3.61. The van der Waals surface area contributed by atoms with Gasteiger partial charge in [0, 0.05) is 59.8 Å². The second-order valence-corrected chi connectivity index (χ2v) is 7.83. The molecule has 8 nitrogen and oxygen atoms in total. The molecule has 0 saturated carbocycles. The molecule has 1 aliphatic heterocycles. The molecule has 0 radical (unpaired) electrons. The Bertz CT molecular complexity index is 1210. The fourth-order valence-electron chi connectivity index (χ4n) is 3.14. The van der Waals surface area contributed by atoms with Crippen LogP contribution in [-0.4, -0.2) is 33.3 Å². The molecule has 1 atom stereocenters. The largest absolute Gasteiger partial charge is 0.486 e. The van der Waals surface area contributed by atoms with E-state index in [1.54, 1.807) is 4.90 Å². The maximum absolute atomic E-state index is 14.4. The van der Waals surface area contributed by atoms with Crippen LogP contribution >= 0.6 is 23.2 Å². The van der Waals surface area contributed by atoms with E-state index in [0.29, 0.717) is 33.7 Å². The average Bonchev–Trinajstić information content (AvgIpc) is 2.74. The van der Waals surface area contributed by atoms with Crippen molar-refractivity contribution in [3.63, 3.8) is 0 Å². The second-order valence-electron chi connectivity index (χ2n) is 7.01. The molecule has 162 valence electrons. The summed E-state index contributed by atoms with van der Waals surface area (Å²) in [5, 5.41) is 18.2. The first-order valence-electron chi connectivity index (χ1n) is 9.46. The predicted octanol–water partition coefficient (Wildman–Crippen LogP) is 4.00. The molecule has 0 aliphatic carbocycles. The highest BCUT2D eigenvalue weighted by molar-refractivity contribution is 6.35. The van der Waals surface area contributed by atoms with Gasteiger partial charge in [-0.2, -0.15) is 5.26 Å². The highest BCUT2D eigenvalue weighted by Gasteiger charge is 2.29. The summed E-state index contributed by atoms with van der Waals surface area (Å²) in [6.45, 7) is 0.605. The molecule has 1 fully saturated rings. The van der Waals surface area contributed by atoms with Crippen molar-refractivity contribution in [1.29, 1.82) is 10.7 Å². The molecule has 3 N–H and O–H groups in total. The van der Waals surface area contributed by atoms with Crippen molar-refractivity contribution in [3.05, 3.63) is 69.5 Å². The molecular formula is C21H16Cl2FN7O. The maximum atomic E-state index is 14.4. The quantitative estimate of drug-likeness (QED) is 0.411. The molecule has 32 heavy (non-hydrogen) atoms. The van der Waals surface area contributed by atoms with Crippen LogP contribution in [0.4, 0.5) is 16.0 Å². The van der Waals surface area contributed by atoms with E-state index < -0.39 is 5.82 Å². The van der Waals surface area contributed by atoms with E-state index >= 15 is 0 Å². The normalized spacial score (nSPS) is 15.1. The Morgan fingerprint density at radius 3 is 2.53 bits per heavy atom. The van der Waals surface area contributed by atoms with Gasteiger partial charge in [0.05, 0.1) is 21.8 Å². The number of nitrogens with zero attached hydrogens (tertiary/aromatic N) is 5. The van der Waals surface area contributed by atoms with Gasteiger partial charge in [0.1, 0.15) is 12.6 Å². The lowest BCUT2D eigenvalue weighted by Gasteiger charge is -2.36. The zero-order chi connectivity index (χ0) is 22.8. The number of nitrogens with one attached hydrogen (secondary N) is 1. The maximum Gasteiger partial charge on any atom is 0.226 e. The average molecular weight is 472 g/mol. The molecule has 3 aromatic rings. The number of nitriles is 1. The molecule has 1 aromatic carbocycles. The Morgan fingerprint density at radius 1 is 1.25 bits per heavy atom. The Balaban J connectivity index is 1.56. The fraction of sp³-hybridized carbons (Fsp3) is 0.190. The molecule has 4 rings (SSSR count). The van der Waals surface area contributed by atoms with E-state index in [9.17, 15) is 4.39 Å². The van der Waals surface area contributed by atoms with Gasteiger partial charge in [-0.05, 0) is 12.5 Å². The third-order valence-electron chi connectivity index (χ3n) is 5.05. The van der Waals surface area contributed by atoms with Gasteiger partial charge in [-0.3, -0.25) is 10.4 Å². The summed E-state index contributed by atoms with van der Waals surface area (Å²) in [5.41, 5.74) is 7.12.